The van der Waals surface area contributed by atoms with Crippen LogP contribution >= 0.6 is 0 Å². The van der Waals surface area contributed by atoms with Crippen LogP contribution in [-0.2, 0) is 26.1 Å². The molecular weight excluding hydrogens is 464 g/mol. The SMILES string of the molecule is CCS(=O)(=O)N1CCC(Nc2ccc3c(n2)C(C2CCOCC2)C(=O)N(c2ccccc2C)C3)C1. The Kier molecular flexibility index (Phi) is 6.83. The van der Waals surface area contributed by atoms with E-state index in [-0.39, 0.29) is 29.5 Å². The van der Waals surface area contributed by atoms with Crippen LogP contribution in [0.2, 0.25) is 0 Å². The highest BCUT2D eigenvalue weighted by atomic mass is 32.2. The highest BCUT2D eigenvalue weighted by molar-refractivity contribution is 7.89. The summed E-state index contributed by atoms with van der Waals surface area (Å²) in [6, 6.07) is 12.1. The maximum Gasteiger partial charge on any atom is 0.236 e. The van der Waals surface area contributed by atoms with Gasteiger partial charge in [-0.1, -0.05) is 24.3 Å². The zero-order valence-electron chi connectivity index (χ0n) is 20.4. The van der Waals surface area contributed by atoms with Gasteiger partial charge < -0.3 is 15.0 Å². The number of carbonyl (C=O) groups excluding carboxylic acids is 1. The molecule has 188 valence electrons. The van der Waals surface area contributed by atoms with Crippen molar-refractivity contribution in [2.45, 2.75) is 51.6 Å². The van der Waals surface area contributed by atoms with Crippen molar-refractivity contribution in [1.82, 2.24) is 9.29 Å². The Morgan fingerprint density at radius 3 is 2.63 bits per heavy atom. The van der Waals surface area contributed by atoms with Crippen molar-refractivity contribution in [3.63, 3.8) is 0 Å². The number of hydrogen-bond acceptors (Lipinski definition) is 6. The molecule has 1 aromatic heterocycles. The second-order valence-corrected chi connectivity index (χ2v) is 12.0. The third-order valence-corrected chi connectivity index (χ3v) is 9.42. The molecule has 2 fully saturated rings. The lowest BCUT2D eigenvalue weighted by Gasteiger charge is -2.39. The van der Waals surface area contributed by atoms with Gasteiger partial charge in [0.1, 0.15) is 5.82 Å². The molecule has 0 radical (unpaired) electrons. The van der Waals surface area contributed by atoms with E-state index < -0.39 is 10.0 Å². The molecule has 9 heteroatoms. The van der Waals surface area contributed by atoms with E-state index in [0.29, 0.717) is 38.7 Å². The van der Waals surface area contributed by atoms with Crippen LogP contribution in [0, 0.1) is 12.8 Å². The topological polar surface area (TPSA) is 91.8 Å². The number of aromatic nitrogens is 1. The predicted molar refractivity (Wildman–Crippen MR) is 136 cm³/mol. The molecule has 1 amide bonds. The highest BCUT2D eigenvalue weighted by Gasteiger charge is 2.41. The second kappa shape index (κ2) is 9.87. The first kappa shape index (κ1) is 24.2. The average molecular weight is 499 g/mol. The standard InChI is InChI=1S/C26H34N4O4S/c1-3-35(32,33)29-13-10-21(17-29)27-23-9-8-20-16-30(22-7-5-4-6-18(22)2)26(31)24(25(20)28-23)19-11-14-34-15-12-19/h4-9,19,21,24H,3,10-17H2,1-2H3,(H,27,28). The van der Waals surface area contributed by atoms with Crippen molar-refractivity contribution in [2.24, 2.45) is 5.92 Å². The summed E-state index contributed by atoms with van der Waals surface area (Å²) >= 11 is 0. The maximum atomic E-state index is 13.9. The van der Waals surface area contributed by atoms with Gasteiger partial charge in [-0.25, -0.2) is 13.4 Å². The second-order valence-electron chi connectivity index (χ2n) is 9.77. The van der Waals surface area contributed by atoms with Gasteiger partial charge in [-0.15, -0.1) is 0 Å². The number of fused-ring (bicyclic) bond motifs is 1. The lowest BCUT2D eigenvalue weighted by Crippen LogP contribution is -2.44. The summed E-state index contributed by atoms with van der Waals surface area (Å²) in [4.78, 5) is 20.8. The molecule has 1 aromatic carbocycles. The highest BCUT2D eigenvalue weighted by Crippen LogP contribution is 2.41. The molecule has 0 spiro atoms. The van der Waals surface area contributed by atoms with Crippen LogP contribution in [0.15, 0.2) is 36.4 Å². The molecular formula is C26H34N4O4S. The molecule has 3 aliphatic rings. The molecule has 2 saturated heterocycles. The summed E-state index contributed by atoms with van der Waals surface area (Å²) in [5, 5.41) is 3.44. The number of rotatable bonds is 6. The largest absolute Gasteiger partial charge is 0.381 e. The molecule has 2 atom stereocenters. The molecule has 0 saturated carbocycles. The van der Waals surface area contributed by atoms with E-state index in [1.807, 2.05) is 42.2 Å². The third-order valence-electron chi connectivity index (χ3n) is 7.57. The molecule has 5 rings (SSSR count). The fourth-order valence-electron chi connectivity index (χ4n) is 5.55. The summed E-state index contributed by atoms with van der Waals surface area (Å²) in [5.41, 5.74) is 3.95. The molecule has 3 aliphatic heterocycles. The third kappa shape index (κ3) is 4.81. The minimum Gasteiger partial charge on any atom is -0.381 e. The average Bonchev–Trinajstić information content (AvgIpc) is 3.34. The Hall–Kier alpha value is -2.49. The van der Waals surface area contributed by atoms with Gasteiger partial charge in [0.2, 0.25) is 15.9 Å². The van der Waals surface area contributed by atoms with E-state index in [0.717, 1.165) is 41.8 Å². The molecule has 35 heavy (non-hydrogen) atoms. The Balaban J connectivity index is 1.44. The van der Waals surface area contributed by atoms with E-state index in [9.17, 15) is 13.2 Å². The van der Waals surface area contributed by atoms with Gasteiger partial charge in [-0.05, 0) is 62.3 Å². The van der Waals surface area contributed by atoms with Crippen molar-refractivity contribution in [1.29, 1.82) is 0 Å². The van der Waals surface area contributed by atoms with Crippen LogP contribution in [0.5, 0.6) is 0 Å². The molecule has 1 N–H and O–H groups in total. The normalized spacial score (nSPS) is 23.9. The van der Waals surface area contributed by atoms with E-state index >= 15 is 0 Å². The molecule has 2 aromatic rings. The van der Waals surface area contributed by atoms with Gasteiger partial charge in [0.25, 0.3) is 0 Å². The number of amides is 1. The fourth-order valence-corrected chi connectivity index (χ4v) is 6.71. The Morgan fingerprint density at radius 2 is 1.89 bits per heavy atom. The number of carbonyl (C=O) groups is 1. The molecule has 0 aliphatic carbocycles. The fraction of sp³-hybridized carbons (Fsp3) is 0.538. The summed E-state index contributed by atoms with van der Waals surface area (Å²) in [6.07, 6.45) is 2.41. The van der Waals surface area contributed by atoms with Gasteiger partial charge >= 0.3 is 0 Å². The van der Waals surface area contributed by atoms with Crippen LogP contribution in [0.4, 0.5) is 11.5 Å². The van der Waals surface area contributed by atoms with E-state index in [2.05, 4.69) is 11.4 Å². The summed E-state index contributed by atoms with van der Waals surface area (Å²) < 4.78 is 31.6. The summed E-state index contributed by atoms with van der Waals surface area (Å²) in [7, 11) is -3.19. The summed E-state index contributed by atoms with van der Waals surface area (Å²) in [6.45, 7) is 6.50. The van der Waals surface area contributed by atoms with E-state index in [1.54, 1.807) is 11.2 Å². The monoisotopic (exact) mass is 498 g/mol. The van der Waals surface area contributed by atoms with Gasteiger partial charge in [0, 0.05) is 38.0 Å². The minimum atomic E-state index is -3.19. The molecule has 0 bridgehead atoms. The van der Waals surface area contributed by atoms with Gasteiger partial charge in [0.15, 0.2) is 0 Å². The van der Waals surface area contributed by atoms with Crippen LogP contribution in [0.25, 0.3) is 0 Å². The first-order valence-electron chi connectivity index (χ1n) is 12.6. The number of benzene rings is 1. The lowest BCUT2D eigenvalue weighted by molar-refractivity contribution is -0.122. The van der Waals surface area contributed by atoms with Crippen molar-refractivity contribution >= 4 is 27.4 Å². The molecule has 4 heterocycles. The molecule has 2 unspecified atom stereocenters. The van der Waals surface area contributed by atoms with E-state index in [1.165, 1.54) is 0 Å². The Labute approximate surface area is 207 Å². The lowest BCUT2D eigenvalue weighted by atomic mass is 9.79. The number of nitrogens with one attached hydrogen (secondary N) is 1. The number of hydrogen-bond donors (Lipinski definition) is 1. The van der Waals surface area contributed by atoms with Gasteiger partial charge in [-0.2, -0.15) is 4.31 Å². The predicted octanol–water partition coefficient (Wildman–Crippen LogP) is 3.28. The first-order valence-corrected chi connectivity index (χ1v) is 14.2. The smallest absolute Gasteiger partial charge is 0.236 e. The van der Waals surface area contributed by atoms with Crippen LogP contribution < -0.4 is 10.2 Å². The summed E-state index contributed by atoms with van der Waals surface area (Å²) in [5.74, 6) is 0.789. The number of anilines is 2. The Morgan fingerprint density at radius 1 is 1.11 bits per heavy atom. The number of sulfonamides is 1. The van der Waals surface area contributed by atoms with E-state index in [4.69, 9.17) is 9.72 Å². The zero-order valence-corrected chi connectivity index (χ0v) is 21.3. The van der Waals surface area contributed by atoms with Crippen LogP contribution in [0.3, 0.4) is 0 Å². The molecule has 8 nitrogen and oxygen atoms in total. The van der Waals surface area contributed by atoms with Gasteiger partial charge in [-0.3, -0.25) is 4.79 Å². The minimum absolute atomic E-state index is 0.00571. The van der Waals surface area contributed by atoms with Crippen LogP contribution in [0.1, 0.15) is 48.9 Å². The van der Waals surface area contributed by atoms with Crippen molar-refractivity contribution in [3.8, 4) is 0 Å². The number of aryl methyl sites for hydroxylation is 1. The van der Waals surface area contributed by atoms with Crippen LogP contribution in [-0.4, -0.2) is 61.7 Å². The van der Waals surface area contributed by atoms with Gasteiger partial charge in [0.05, 0.1) is 23.9 Å². The van der Waals surface area contributed by atoms with Crippen molar-refractivity contribution in [3.05, 3.63) is 53.2 Å². The van der Waals surface area contributed by atoms with Crippen molar-refractivity contribution in [2.75, 3.05) is 42.3 Å². The number of nitrogens with zero attached hydrogens (tertiary/aromatic N) is 3. The quantitative estimate of drug-likeness (QED) is 0.657. The number of ether oxygens (including phenoxy) is 1. The maximum absolute atomic E-state index is 13.9. The number of para-hydroxylation sites is 1. The first-order chi connectivity index (χ1) is 16.9. The van der Waals surface area contributed by atoms with Crippen molar-refractivity contribution < 1.29 is 17.9 Å². The number of pyridine rings is 1. The zero-order chi connectivity index (χ0) is 24.6. The Bertz CT molecular complexity index is 1200.